The van der Waals surface area contributed by atoms with Gasteiger partial charge in [0.05, 0.1) is 35.9 Å². The third kappa shape index (κ3) is 4.51. The van der Waals surface area contributed by atoms with Gasteiger partial charge in [0.1, 0.15) is 31.0 Å². The first-order valence-electron chi connectivity index (χ1n) is 13.1. The van der Waals surface area contributed by atoms with Gasteiger partial charge in [0, 0.05) is 26.5 Å². The molecular weight excluding hydrogens is 684 g/mol. The zero-order valence-corrected chi connectivity index (χ0v) is 25.6. The van der Waals surface area contributed by atoms with E-state index in [0.29, 0.717) is 36.7 Å². The molecule has 0 bridgehead atoms. The number of carboxylic acids is 1. The third-order valence-electron chi connectivity index (χ3n) is 7.27. The summed E-state index contributed by atoms with van der Waals surface area (Å²) in [4.78, 5) is 40.5. The quantitative estimate of drug-likeness (QED) is 0.256. The lowest BCUT2D eigenvalue weighted by molar-refractivity contribution is 0.0689. The molecule has 8 rings (SSSR count). The highest BCUT2D eigenvalue weighted by atomic mass is 79.9. The number of fused-ring (bicyclic) bond motifs is 10. The van der Waals surface area contributed by atoms with Crippen LogP contribution in [0.3, 0.4) is 0 Å². The van der Waals surface area contributed by atoms with Gasteiger partial charge in [-0.2, -0.15) is 10.2 Å². The van der Waals surface area contributed by atoms with Crippen molar-refractivity contribution in [2.75, 3.05) is 0 Å². The van der Waals surface area contributed by atoms with Crippen LogP contribution in [-0.4, -0.2) is 65.5 Å². The Bertz CT molecular complexity index is 2070. The number of benzene rings is 2. The number of carbonyl (C=O) groups is 2. The molecule has 214 valence electrons. The highest BCUT2D eigenvalue weighted by Gasteiger charge is 2.27. The summed E-state index contributed by atoms with van der Waals surface area (Å²) in [5.41, 5.74) is 5.59. The molecule has 15 heteroatoms. The molecule has 2 aromatic carbocycles. The van der Waals surface area contributed by atoms with Crippen molar-refractivity contribution >= 4 is 43.6 Å². The fourth-order valence-corrected chi connectivity index (χ4v) is 6.02. The van der Waals surface area contributed by atoms with Gasteiger partial charge in [-0.15, -0.1) is 0 Å². The molecule has 43 heavy (non-hydrogen) atoms. The first-order chi connectivity index (χ1) is 20.8. The number of ketones is 1. The molecule has 2 aliphatic rings. The molecule has 0 fully saturated rings. The molecule has 0 aliphatic carbocycles. The number of aromatic carboxylic acids is 1. The van der Waals surface area contributed by atoms with Crippen molar-refractivity contribution in [2.45, 2.75) is 26.4 Å². The minimum atomic E-state index is -1.05. The SMILES string of the molecule is CCC(=O)c1ncn2c1Cn1ncnc1-c1cc(Br)ccc1-2.O=C(O)c1ncn2c1Cn1ncnc1-c1cc(Br)ccc1-2. The largest absolute Gasteiger partial charge is 0.476 e. The highest BCUT2D eigenvalue weighted by Crippen LogP contribution is 2.34. The molecule has 0 amide bonds. The number of aromatic nitrogens is 10. The number of carbonyl (C=O) groups excluding carboxylic acids is 1. The summed E-state index contributed by atoms with van der Waals surface area (Å²) in [5, 5.41) is 17.8. The van der Waals surface area contributed by atoms with Gasteiger partial charge in [0.2, 0.25) is 0 Å². The average Bonchev–Trinajstić information content (AvgIpc) is 3.79. The van der Waals surface area contributed by atoms with Gasteiger partial charge in [0.15, 0.2) is 23.1 Å². The van der Waals surface area contributed by atoms with Gasteiger partial charge in [-0.1, -0.05) is 38.8 Å². The molecule has 0 unspecified atom stereocenters. The van der Waals surface area contributed by atoms with Crippen molar-refractivity contribution in [3.63, 3.8) is 0 Å². The van der Waals surface area contributed by atoms with Crippen LogP contribution in [0, 0.1) is 0 Å². The second kappa shape index (κ2) is 10.5. The maximum Gasteiger partial charge on any atom is 0.356 e. The first-order valence-corrected chi connectivity index (χ1v) is 14.7. The minimum absolute atomic E-state index is 0.0345. The highest BCUT2D eigenvalue weighted by molar-refractivity contribution is 9.10. The summed E-state index contributed by atoms with van der Waals surface area (Å²) in [5.74, 6) is 0.475. The third-order valence-corrected chi connectivity index (χ3v) is 8.26. The van der Waals surface area contributed by atoms with E-state index in [2.05, 4.69) is 62.0 Å². The van der Waals surface area contributed by atoms with Crippen molar-refractivity contribution < 1.29 is 14.7 Å². The van der Waals surface area contributed by atoms with Gasteiger partial charge in [-0.3, -0.25) is 13.9 Å². The molecule has 0 radical (unpaired) electrons. The number of imidazole rings is 2. The topological polar surface area (TPSA) is 151 Å². The lowest BCUT2D eigenvalue weighted by Gasteiger charge is -2.08. The van der Waals surface area contributed by atoms with E-state index in [1.165, 1.54) is 19.0 Å². The molecule has 0 saturated heterocycles. The summed E-state index contributed by atoms with van der Waals surface area (Å²) in [6, 6.07) is 11.7. The van der Waals surface area contributed by atoms with Crippen molar-refractivity contribution in [3.8, 4) is 34.2 Å². The van der Waals surface area contributed by atoms with E-state index in [-0.39, 0.29) is 11.5 Å². The van der Waals surface area contributed by atoms with E-state index in [1.807, 2.05) is 47.9 Å². The second-order valence-electron chi connectivity index (χ2n) is 9.71. The molecule has 1 N–H and O–H groups in total. The van der Waals surface area contributed by atoms with Crippen LogP contribution in [0.4, 0.5) is 0 Å². The summed E-state index contributed by atoms with van der Waals surface area (Å²) in [6.07, 6.45) is 6.66. The Balaban J connectivity index is 0.000000140. The number of halogens is 2. The molecular formula is C28H20Br2N10O3. The predicted molar refractivity (Wildman–Crippen MR) is 160 cm³/mol. The lowest BCUT2D eigenvalue weighted by atomic mass is 10.1. The Morgan fingerprint density at radius 1 is 0.767 bits per heavy atom. The zero-order valence-electron chi connectivity index (χ0n) is 22.4. The van der Waals surface area contributed by atoms with E-state index in [0.717, 1.165) is 43.0 Å². The van der Waals surface area contributed by atoms with Crippen LogP contribution in [0.1, 0.15) is 45.7 Å². The van der Waals surface area contributed by atoms with Crippen molar-refractivity contribution in [1.29, 1.82) is 0 Å². The zero-order chi connectivity index (χ0) is 29.8. The second-order valence-corrected chi connectivity index (χ2v) is 11.5. The fraction of sp³-hybridized carbons (Fsp3) is 0.143. The number of Topliss-reactive ketones (excluding diaryl/α,β-unsaturated/α-hetero) is 1. The molecule has 2 aliphatic heterocycles. The van der Waals surface area contributed by atoms with Crippen LogP contribution < -0.4 is 0 Å². The maximum absolute atomic E-state index is 12.1. The lowest BCUT2D eigenvalue weighted by Crippen LogP contribution is -2.10. The predicted octanol–water partition coefficient (Wildman–Crippen LogP) is 4.80. The van der Waals surface area contributed by atoms with Gasteiger partial charge < -0.3 is 5.11 Å². The summed E-state index contributed by atoms with van der Waals surface area (Å²) in [7, 11) is 0. The Morgan fingerprint density at radius 3 is 1.74 bits per heavy atom. The summed E-state index contributed by atoms with van der Waals surface area (Å²) >= 11 is 6.95. The number of rotatable bonds is 3. The van der Waals surface area contributed by atoms with E-state index in [1.54, 1.807) is 20.3 Å². The van der Waals surface area contributed by atoms with Crippen molar-refractivity contribution in [2.24, 2.45) is 0 Å². The van der Waals surface area contributed by atoms with E-state index in [9.17, 15) is 14.7 Å². The Morgan fingerprint density at radius 2 is 1.26 bits per heavy atom. The molecule has 13 nitrogen and oxygen atoms in total. The molecule has 0 saturated carbocycles. The number of hydrogen-bond donors (Lipinski definition) is 1. The Hall–Kier alpha value is -4.76. The molecule has 6 aromatic rings. The van der Waals surface area contributed by atoms with Gasteiger partial charge in [-0.25, -0.2) is 34.1 Å². The Kier molecular flexibility index (Phi) is 6.62. The maximum atomic E-state index is 12.1. The first kappa shape index (κ1) is 27.1. The number of hydrogen-bond acceptors (Lipinski definition) is 8. The summed E-state index contributed by atoms with van der Waals surface area (Å²) < 4.78 is 9.10. The average molecular weight is 704 g/mol. The fourth-order valence-electron chi connectivity index (χ4n) is 5.30. The van der Waals surface area contributed by atoms with E-state index in [4.69, 9.17) is 0 Å². The van der Waals surface area contributed by atoms with Crippen molar-refractivity contribution in [3.05, 3.63) is 93.4 Å². The van der Waals surface area contributed by atoms with Crippen LogP contribution in [0.25, 0.3) is 34.2 Å². The van der Waals surface area contributed by atoms with Crippen molar-refractivity contribution in [1.82, 2.24) is 48.6 Å². The molecule has 0 spiro atoms. The number of nitrogens with zero attached hydrogens (tertiary/aromatic N) is 10. The van der Waals surface area contributed by atoms with E-state index < -0.39 is 5.97 Å². The van der Waals surface area contributed by atoms with E-state index >= 15 is 0 Å². The monoisotopic (exact) mass is 702 g/mol. The van der Waals surface area contributed by atoms with Gasteiger partial charge in [0.25, 0.3) is 0 Å². The van der Waals surface area contributed by atoms with Gasteiger partial charge >= 0.3 is 5.97 Å². The van der Waals surface area contributed by atoms with Gasteiger partial charge in [-0.05, 0) is 36.4 Å². The number of carboxylic acid groups (broad SMARTS) is 1. The van der Waals surface area contributed by atoms with Crippen LogP contribution in [0.5, 0.6) is 0 Å². The summed E-state index contributed by atoms with van der Waals surface area (Å²) in [6.45, 7) is 2.63. The van der Waals surface area contributed by atoms with Crippen LogP contribution >= 0.6 is 31.9 Å². The normalized spacial score (nSPS) is 12.3. The van der Waals surface area contributed by atoms with Crippen LogP contribution in [-0.2, 0) is 13.1 Å². The standard InChI is InChI=1S/C15H12BrN5O.C13H8BrN5O2/c1-2-13(22)14-12-6-21-15(17-7-19-21)10-5-9(16)3-4-11(10)20(12)8-18-14;14-7-1-2-9-8(3-7)12-15-5-17-19(12)4-10-11(13(20)21)16-6-18(9)10/h3-5,7-8H,2,6H2,1H3;1-3,5-6H,4H2,(H,20,21). The smallest absolute Gasteiger partial charge is 0.356 e. The van der Waals surface area contributed by atoms with Crippen LogP contribution in [0.2, 0.25) is 0 Å². The molecule has 6 heterocycles. The Labute approximate surface area is 260 Å². The molecule has 0 atom stereocenters. The minimum Gasteiger partial charge on any atom is -0.476 e. The van der Waals surface area contributed by atoms with Crippen LogP contribution in [0.15, 0.2) is 70.7 Å². The molecule has 4 aromatic heterocycles.